The lowest BCUT2D eigenvalue weighted by Gasteiger charge is -2.32. The number of hydrogen-bond acceptors (Lipinski definition) is 3. The average Bonchev–Trinajstić information content (AvgIpc) is 2.68. The molecule has 0 saturated carbocycles. The van der Waals surface area contributed by atoms with Crippen LogP contribution in [0.25, 0.3) is 0 Å². The van der Waals surface area contributed by atoms with Crippen molar-refractivity contribution in [1.82, 2.24) is 15.2 Å². The number of hydrogen-bond donors (Lipinski definition) is 1. The number of pyridine rings is 1. The predicted molar refractivity (Wildman–Crippen MR) is 105 cm³/mol. The SMILES string of the molecule is CCCN1CCC(C(=O)NC(c2ccc(F)cc2)c2ncccc2C)CC1. The molecule has 3 rings (SSSR count). The Kier molecular flexibility index (Phi) is 6.56. The van der Waals surface area contributed by atoms with Gasteiger partial charge in [0.25, 0.3) is 0 Å². The number of carbonyl (C=O) groups is 1. The number of likely N-dealkylation sites (tertiary alicyclic amines) is 1. The van der Waals surface area contributed by atoms with Crippen molar-refractivity contribution in [1.29, 1.82) is 0 Å². The molecule has 0 radical (unpaired) electrons. The first-order valence-corrected chi connectivity index (χ1v) is 9.78. The number of nitrogens with one attached hydrogen (secondary N) is 1. The lowest BCUT2D eigenvalue weighted by Crippen LogP contribution is -2.42. The maximum absolute atomic E-state index is 13.4. The van der Waals surface area contributed by atoms with E-state index in [4.69, 9.17) is 0 Å². The first-order chi connectivity index (χ1) is 13.1. The van der Waals surface area contributed by atoms with Gasteiger partial charge in [-0.2, -0.15) is 0 Å². The van der Waals surface area contributed by atoms with Crippen molar-refractivity contribution in [2.75, 3.05) is 19.6 Å². The smallest absolute Gasteiger partial charge is 0.224 e. The zero-order valence-corrected chi connectivity index (χ0v) is 16.1. The number of piperidine rings is 1. The lowest BCUT2D eigenvalue weighted by atomic mass is 9.93. The van der Waals surface area contributed by atoms with E-state index in [1.807, 2.05) is 19.1 Å². The maximum Gasteiger partial charge on any atom is 0.224 e. The molecule has 2 heterocycles. The summed E-state index contributed by atoms with van der Waals surface area (Å²) in [7, 11) is 0. The summed E-state index contributed by atoms with van der Waals surface area (Å²) in [5, 5.41) is 3.18. The monoisotopic (exact) mass is 369 g/mol. The normalized spacial score (nSPS) is 16.9. The largest absolute Gasteiger partial charge is 0.343 e. The zero-order valence-electron chi connectivity index (χ0n) is 16.1. The molecular formula is C22H28FN3O. The molecule has 1 fully saturated rings. The first kappa shape index (κ1) is 19.5. The molecule has 27 heavy (non-hydrogen) atoms. The number of benzene rings is 1. The summed E-state index contributed by atoms with van der Waals surface area (Å²) < 4.78 is 13.4. The van der Waals surface area contributed by atoms with Crippen LogP contribution in [0.3, 0.4) is 0 Å². The summed E-state index contributed by atoms with van der Waals surface area (Å²) in [6.45, 7) is 7.20. The van der Waals surface area contributed by atoms with Crippen LogP contribution in [0.4, 0.5) is 4.39 Å². The van der Waals surface area contributed by atoms with Crippen LogP contribution in [0.1, 0.15) is 49.0 Å². The summed E-state index contributed by atoms with van der Waals surface area (Å²) in [5.74, 6) is -0.208. The van der Waals surface area contributed by atoms with E-state index in [2.05, 4.69) is 22.1 Å². The second kappa shape index (κ2) is 9.09. The molecule has 0 spiro atoms. The molecule has 5 heteroatoms. The molecule has 1 aromatic heterocycles. The number of nitrogens with zero attached hydrogens (tertiary/aromatic N) is 2. The molecule has 0 aliphatic carbocycles. The van der Waals surface area contributed by atoms with Gasteiger partial charge in [0.1, 0.15) is 5.82 Å². The van der Waals surface area contributed by atoms with E-state index in [-0.39, 0.29) is 23.7 Å². The van der Waals surface area contributed by atoms with Gasteiger partial charge in [0.2, 0.25) is 5.91 Å². The van der Waals surface area contributed by atoms with E-state index in [1.54, 1.807) is 18.3 Å². The number of aryl methyl sites for hydroxylation is 1. The van der Waals surface area contributed by atoms with Crippen LogP contribution in [0.2, 0.25) is 0 Å². The fraction of sp³-hybridized carbons (Fsp3) is 0.455. The average molecular weight is 369 g/mol. The number of amides is 1. The van der Waals surface area contributed by atoms with E-state index in [9.17, 15) is 9.18 Å². The van der Waals surface area contributed by atoms with Crippen molar-refractivity contribution >= 4 is 5.91 Å². The van der Waals surface area contributed by atoms with Crippen LogP contribution in [-0.4, -0.2) is 35.4 Å². The summed E-state index contributed by atoms with van der Waals surface area (Å²) in [6, 6.07) is 9.79. The van der Waals surface area contributed by atoms with Gasteiger partial charge in [0.05, 0.1) is 11.7 Å². The van der Waals surface area contributed by atoms with E-state index >= 15 is 0 Å². The number of halogens is 1. The standard InChI is InChI=1S/C22H28FN3O/c1-3-13-26-14-10-18(11-15-26)22(27)25-21(17-6-8-19(23)9-7-17)20-16(2)5-4-12-24-20/h4-9,12,18,21H,3,10-11,13-15H2,1-2H3,(H,25,27). The van der Waals surface area contributed by atoms with Gasteiger partial charge in [-0.3, -0.25) is 9.78 Å². The van der Waals surface area contributed by atoms with Crippen molar-refractivity contribution in [3.8, 4) is 0 Å². The Bertz CT molecular complexity index is 754. The van der Waals surface area contributed by atoms with Gasteiger partial charge in [-0.25, -0.2) is 4.39 Å². The summed E-state index contributed by atoms with van der Waals surface area (Å²) in [4.78, 5) is 19.9. The fourth-order valence-electron chi connectivity index (χ4n) is 3.76. The molecule has 144 valence electrons. The topological polar surface area (TPSA) is 45.2 Å². The molecule has 1 atom stereocenters. The first-order valence-electron chi connectivity index (χ1n) is 9.78. The van der Waals surface area contributed by atoms with Crippen LogP contribution >= 0.6 is 0 Å². The molecule has 4 nitrogen and oxygen atoms in total. The minimum atomic E-state index is -0.368. The summed E-state index contributed by atoms with van der Waals surface area (Å²) >= 11 is 0. The predicted octanol–water partition coefficient (Wildman–Crippen LogP) is 3.86. The van der Waals surface area contributed by atoms with Crippen molar-refractivity contribution in [3.63, 3.8) is 0 Å². The molecule has 1 saturated heterocycles. The Morgan fingerprint density at radius 3 is 2.59 bits per heavy atom. The third kappa shape index (κ3) is 4.92. The van der Waals surface area contributed by atoms with Crippen LogP contribution in [0.5, 0.6) is 0 Å². The highest BCUT2D eigenvalue weighted by Crippen LogP contribution is 2.25. The lowest BCUT2D eigenvalue weighted by molar-refractivity contribution is -0.127. The molecule has 1 aromatic carbocycles. The van der Waals surface area contributed by atoms with E-state index < -0.39 is 0 Å². The van der Waals surface area contributed by atoms with E-state index in [0.717, 1.165) is 55.7 Å². The molecule has 1 N–H and O–H groups in total. The highest BCUT2D eigenvalue weighted by atomic mass is 19.1. The highest BCUT2D eigenvalue weighted by Gasteiger charge is 2.28. The van der Waals surface area contributed by atoms with Gasteiger partial charge < -0.3 is 10.2 Å². The number of carbonyl (C=O) groups excluding carboxylic acids is 1. The molecule has 1 unspecified atom stereocenters. The highest BCUT2D eigenvalue weighted by molar-refractivity contribution is 5.79. The minimum Gasteiger partial charge on any atom is -0.343 e. The van der Waals surface area contributed by atoms with E-state index in [0.29, 0.717) is 0 Å². The van der Waals surface area contributed by atoms with Gasteiger partial charge in [-0.1, -0.05) is 25.1 Å². The minimum absolute atomic E-state index is 0.0186. The Balaban J connectivity index is 1.77. The molecule has 1 amide bonds. The molecule has 0 bridgehead atoms. The third-order valence-electron chi connectivity index (χ3n) is 5.31. The molecule has 1 aliphatic rings. The van der Waals surface area contributed by atoms with Gasteiger partial charge in [0.15, 0.2) is 0 Å². The van der Waals surface area contributed by atoms with Gasteiger partial charge in [-0.05, 0) is 75.1 Å². The Morgan fingerprint density at radius 1 is 1.26 bits per heavy atom. The second-order valence-corrected chi connectivity index (χ2v) is 7.31. The molecule has 1 aliphatic heterocycles. The van der Waals surface area contributed by atoms with Crippen molar-refractivity contribution in [3.05, 3.63) is 65.2 Å². The Labute approximate surface area is 160 Å². The summed E-state index contributed by atoms with van der Waals surface area (Å²) in [6.07, 6.45) is 4.63. The van der Waals surface area contributed by atoms with Crippen molar-refractivity contribution < 1.29 is 9.18 Å². The van der Waals surface area contributed by atoms with Gasteiger partial charge >= 0.3 is 0 Å². The van der Waals surface area contributed by atoms with Crippen LogP contribution in [-0.2, 0) is 4.79 Å². The third-order valence-corrected chi connectivity index (χ3v) is 5.31. The van der Waals surface area contributed by atoms with E-state index in [1.165, 1.54) is 12.1 Å². The maximum atomic E-state index is 13.4. The van der Waals surface area contributed by atoms with Gasteiger partial charge in [-0.15, -0.1) is 0 Å². The van der Waals surface area contributed by atoms with Crippen molar-refractivity contribution in [2.24, 2.45) is 5.92 Å². The van der Waals surface area contributed by atoms with Crippen LogP contribution in [0, 0.1) is 18.7 Å². The zero-order chi connectivity index (χ0) is 19.2. The number of aromatic nitrogens is 1. The Hall–Kier alpha value is -2.27. The molecule has 2 aromatic rings. The summed E-state index contributed by atoms with van der Waals surface area (Å²) in [5.41, 5.74) is 2.65. The van der Waals surface area contributed by atoms with Crippen LogP contribution < -0.4 is 5.32 Å². The van der Waals surface area contributed by atoms with Gasteiger partial charge in [0, 0.05) is 12.1 Å². The molecular weight excluding hydrogens is 341 g/mol. The van der Waals surface area contributed by atoms with Crippen molar-refractivity contribution in [2.45, 2.75) is 39.2 Å². The Morgan fingerprint density at radius 2 is 1.96 bits per heavy atom. The second-order valence-electron chi connectivity index (χ2n) is 7.31. The van der Waals surface area contributed by atoms with Crippen LogP contribution in [0.15, 0.2) is 42.6 Å². The quantitative estimate of drug-likeness (QED) is 0.841. The number of rotatable bonds is 6. The fourth-order valence-corrected chi connectivity index (χ4v) is 3.76.